The molecule has 1 aliphatic heterocycles. The van der Waals surface area contributed by atoms with Crippen LogP contribution in [0.15, 0.2) is 18.2 Å². The first-order valence-corrected chi connectivity index (χ1v) is 11.9. The molecule has 184 valence electrons. The van der Waals surface area contributed by atoms with E-state index in [2.05, 4.69) is 40.2 Å². The van der Waals surface area contributed by atoms with Crippen molar-refractivity contribution in [2.75, 3.05) is 11.9 Å². The van der Waals surface area contributed by atoms with Gasteiger partial charge in [0, 0.05) is 23.8 Å². The lowest BCUT2D eigenvalue weighted by Gasteiger charge is -2.20. The van der Waals surface area contributed by atoms with E-state index in [0.29, 0.717) is 47.7 Å². The number of anilines is 1. The number of fused-ring (bicyclic) bond motifs is 3. The minimum atomic E-state index is -4.79. The fourth-order valence-electron chi connectivity index (χ4n) is 4.19. The van der Waals surface area contributed by atoms with Crippen LogP contribution in [0.1, 0.15) is 75.5 Å². The molecule has 0 saturated carbocycles. The molecular weight excluding hydrogens is 445 g/mol. The third kappa shape index (κ3) is 6.83. The van der Waals surface area contributed by atoms with Gasteiger partial charge in [-0.15, -0.1) is 23.4 Å². The van der Waals surface area contributed by atoms with Gasteiger partial charge in [0.15, 0.2) is 5.82 Å². The number of rotatable bonds is 9. The number of alkyl halides is 3. The van der Waals surface area contributed by atoms with E-state index in [4.69, 9.17) is 4.74 Å². The molecule has 2 heterocycles. The molecule has 0 amide bonds. The Labute approximate surface area is 198 Å². The van der Waals surface area contributed by atoms with Crippen molar-refractivity contribution in [2.24, 2.45) is 0 Å². The van der Waals surface area contributed by atoms with Crippen LogP contribution in [-0.2, 0) is 17.8 Å². The van der Waals surface area contributed by atoms with Gasteiger partial charge in [-0.3, -0.25) is 0 Å². The molecule has 1 N–H and O–H groups in total. The third-order valence-electron chi connectivity index (χ3n) is 5.96. The van der Waals surface area contributed by atoms with Crippen molar-refractivity contribution in [1.29, 1.82) is 5.26 Å². The second-order valence-corrected chi connectivity index (χ2v) is 8.48. The molecule has 1 atom stereocenters. The van der Waals surface area contributed by atoms with Crippen LogP contribution in [0.5, 0.6) is 5.75 Å². The van der Waals surface area contributed by atoms with E-state index in [1.54, 1.807) is 0 Å². The van der Waals surface area contributed by atoms with Gasteiger partial charge in [0.05, 0.1) is 12.3 Å². The summed E-state index contributed by atoms with van der Waals surface area (Å²) >= 11 is 0. The van der Waals surface area contributed by atoms with Crippen LogP contribution < -0.4 is 10.1 Å². The zero-order valence-corrected chi connectivity index (χ0v) is 19.7. The summed E-state index contributed by atoms with van der Waals surface area (Å²) in [4.78, 5) is 0. The molecule has 0 aliphatic carbocycles. The van der Waals surface area contributed by atoms with Gasteiger partial charge in [0.25, 0.3) is 0 Å². The summed E-state index contributed by atoms with van der Waals surface area (Å²) in [7, 11) is 0. The Morgan fingerprint density at radius 2 is 2.03 bits per heavy atom. The minimum Gasteiger partial charge on any atom is -0.406 e. The molecule has 1 aromatic heterocycles. The Balaban J connectivity index is 1.95. The number of unbranched alkanes of at least 4 members (excludes halogenated alkanes) is 3. The SMILES string of the molecule is CCCCCC[C@H](CC)Nc1nnc2c(c1C#N)CCCOCc1cc(OC(F)(F)F)ccc1-2. The average molecular weight is 477 g/mol. The van der Waals surface area contributed by atoms with Gasteiger partial charge in [-0.25, -0.2) is 0 Å². The number of ether oxygens (including phenoxy) is 2. The third-order valence-corrected chi connectivity index (χ3v) is 5.96. The first kappa shape index (κ1) is 25.8. The number of halogens is 3. The number of nitrogens with zero attached hydrogens (tertiary/aromatic N) is 3. The maximum atomic E-state index is 12.7. The molecule has 9 heteroatoms. The Kier molecular flexibility index (Phi) is 9.11. The van der Waals surface area contributed by atoms with Gasteiger partial charge in [0.2, 0.25) is 0 Å². The molecular formula is C25H31F3N4O2. The maximum absolute atomic E-state index is 12.7. The van der Waals surface area contributed by atoms with Crippen LogP contribution in [-0.4, -0.2) is 29.2 Å². The standard InChI is InChI=1S/C25H31F3N4O2/c1-3-5-6-7-9-18(4-2)30-24-22(15-29)21-10-8-13-33-16-17-14-19(34-25(26,27)28)11-12-20(17)23(21)31-32-24/h11-12,14,18H,3-10,13,16H2,1-2H3,(H,30,32)/t18-/m0/s1. The first-order chi connectivity index (χ1) is 16.4. The highest BCUT2D eigenvalue weighted by Crippen LogP contribution is 2.35. The summed E-state index contributed by atoms with van der Waals surface area (Å²) in [5, 5.41) is 22.2. The van der Waals surface area contributed by atoms with Crippen LogP contribution in [0.25, 0.3) is 11.3 Å². The zero-order valence-electron chi connectivity index (χ0n) is 19.7. The predicted molar refractivity (Wildman–Crippen MR) is 123 cm³/mol. The van der Waals surface area contributed by atoms with Gasteiger partial charge in [-0.2, -0.15) is 5.26 Å². The number of aromatic nitrogens is 2. The van der Waals surface area contributed by atoms with Crippen molar-refractivity contribution in [2.45, 2.75) is 84.2 Å². The minimum absolute atomic E-state index is 0.114. The topological polar surface area (TPSA) is 80.1 Å². The molecule has 0 radical (unpaired) electrons. The molecule has 1 aromatic carbocycles. The van der Waals surface area contributed by atoms with Crippen molar-refractivity contribution >= 4 is 5.82 Å². The molecule has 2 aromatic rings. The number of nitriles is 1. The summed E-state index contributed by atoms with van der Waals surface area (Å²) in [6.45, 7) is 4.80. The average Bonchev–Trinajstić information content (AvgIpc) is 2.88. The van der Waals surface area contributed by atoms with Crippen LogP contribution in [0.4, 0.5) is 19.0 Å². The summed E-state index contributed by atoms with van der Waals surface area (Å²) in [6.07, 6.45) is 2.96. The van der Waals surface area contributed by atoms with Gasteiger partial charge in [0.1, 0.15) is 17.4 Å². The highest BCUT2D eigenvalue weighted by Gasteiger charge is 2.31. The lowest BCUT2D eigenvalue weighted by Crippen LogP contribution is -2.21. The molecule has 0 spiro atoms. The maximum Gasteiger partial charge on any atom is 0.573 e. The van der Waals surface area contributed by atoms with Crippen LogP contribution in [0.3, 0.4) is 0 Å². The Bertz CT molecular complexity index is 1000. The van der Waals surface area contributed by atoms with E-state index in [1.807, 2.05) is 0 Å². The van der Waals surface area contributed by atoms with Gasteiger partial charge >= 0.3 is 6.36 Å². The fourth-order valence-corrected chi connectivity index (χ4v) is 4.19. The summed E-state index contributed by atoms with van der Waals surface area (Å²) in [5.74, 6) is 0.138. The van der Waals surface area contributed by atoms with Gasteiger partial charge in [-0.05, 0) is 49.4 Å². The second-order valence-electron chi connectivity index (χ2n) is 8.48. The van der Waals surface area contributed by atoms with Gasteiger partial charge in [-0.1, -0.05) is 39.5 Å². The fraction of sp³-hybridized carbons (Fsp3) is 0.560. The van der Waals surface area contributed by atoms with Crippen molar-refractivity contribution in [3.8, 4) is 23.1 Å². The molecule has 0 bridgehead atoms. The summed E-state index contributed by atoms with van der Waals surface area (Å²) in [6, 6.07) is 6.55. The monoisotopic (exact) mass is 476 g/mol. The van der Waals surface area contributed by atoms with Crippen LogP contribution >= 0.6 is 0 Å². The Hall–Kier alpha value is -2.86. The first-order valence-electron chi connectivity index (χ1n) is 11.9. The number of benzene rings is 1. The lowest BCUT2D eigenvalue weighted by molar-refractivity contribution is -0.274. The smallest absolute Gasteiger partial charge is 0.406 e. The Morgan fingerprint density at radius 1 is 1.21 bits per heavy atom. The quantitative estimate of drug-likeness (QED) is 0.414. The van der Waals surface area contributed by atoms with Crippen LogP contribution in [0, 0.1) is 11.3 Å². The highest BCUT2D eigenvalue weighted by atomic mass is 19.4. The highest BCUT2D eigenvalue weighted by molar-refractivity contribution is 5.73. The van der Waals surface area contributed by atoms with E-state index < -0.39 is 6.36 Å². The molecule has 3 rings (SSSR count). The largest absolute Gasteiger partial charge is 0.573 e. The predicted octanol–water partition coefficient (Wildman–Crippen LogP) is 6.54. The van der Waals surface area contributed by atoms with Crippen LogP contribution in [0.2, 0.25) is 0 Å². The normalized spacial score (nSPS) is 14.6. The van der Waals surface area contributed by atoms with Crippen molar-refractivity contribution in [1.82, 2.24) is 10.2 Å². The zero-order chi connectivity index (χ0) is 24.6. The Morgan fingerprint density at radius 3 is 2.74 bits per heavy atom. The van der Waals surface area contributed by atoms with Crippen molar-refractivity contribution in [3.05, 3.63) is 34.9 Å². The molecule has 0 fully saturated rings. The molecule has 0 saturated heterocycles. The number of nitrogens with one attached hydrogen (secondary N) is 1. The van der Waals surface area contributed by atoms with E-state index in [0.717, 1.165) is 24.8 Å². The molecule has 34 heavy (non-hydrogen) atoms. The van der Waals surface area contributed by atoms with E-state index >= 15 is 0 Å². The number of hydrogen-bond acceptors (Lipinski definition) is 6. The van der Waals surface area contributed by atoms with Crippen molar-refractivity contribution < 1.29 is 22.6 Å². The van der Waals surface area contributed by atoms with E-state index in [-0.39, 0.29) is 18.4 Å². The molecule has 1 aliphatic rings. The van der Waals surface area contributed by atoms with E-state index in [9.17, 15) is 18.4 Å². The molecule has 6 nitrogen and oxygen atoms in total. The van der Waals surface area contributed by atoms with Crippen molar-refractivity contribution in [3.63, 3.8) is 0 Å². The summed E-state index contributed by atoms with van der Waals surface area (Å²) < 4.78 is 47.8. The van der Waals surface area contributed by atoms with E-state index in [1.165, 1.54) is 37.5 Å². The summed E-state index contributed by atoms with van der Waals surface area (Å²) in [5.41, 5.74) is 2.76. The molecule has 0 unspecified atom stereocenters. The lowest BCUT2D eigenvalue weighted by atomic mass is 9.95. The number of hydrogen-bond donors (Lipinski definition) is 1. The second kappa shape index (κ2) is 12.0. The van der Waals surface area contributed by atoms with Gasteiger partial charge < -0.3 is 14.8 Å².